The molecule has 3 aromatic rings. The van der Waals surface area contributed by atoms with Crippen LogP contribution < -0.4 is 19.5 Å². The lowest BCUT2D eigenvalue weighted by Crippen LogP contribution is -2.30. The number of halogens is 1. The summed E-state index contributed by atoms with van der Waals surface area (Å²) in [6.07, 6.45) is 1.71. The molecule has 0 bridgehead atoms. The molecule has 3 rings (SSSR count). The molecule has 0 aliphatic rings. The topological polar surface area (TPSA) is 78.8 Å². The maximum atomic E-state index is 13.0. The Balaban J connectivity index is 2.35. The van der Waals surface area contributed by atoms with E-state index in [4.69, 9.17) is 16.3 Å². The van der Waals surface area contributed by atoms with Gasteiger partial charge in [-0.25, -0.2) is 0 Å². The number of hydrogen-bond donors (Lipinski definition) is 0. The van der Waals surface area contributed by atoms with Crippen LogP contribution in [0.1, 0.15) is 5.56 Å². The summed E-state index contributed by atoms with van der Waals surface area (Å²) in [5.74, 6) is 0.667. The average Bonchev–Trinajstić information content (AvgIpc) is 3.00. The first-order valence-corrected chi connectivity index (χ1v) is 8.95. The Morgan fingerprint density at radius 2 is 1.89 bits per heavy atom. The van der Waals surface area contributed by atoms with Crippen LogP contribution in [-0.4, -0.2) is 11.7 Å². The molecule has 27 heavy (non-hydrogen) atoms. The van der Waals surface area contributed by atoms with E-state index in [1.165, 1.54) is 4.57 Å². The summed E-state index contributed by atoms with van der Waals surface area (Å²) in [6.45, 7) is 0. The van der Waals surface area contributed by atoms with E-state index in [1.54, 1.807) is 49.6 Å². The second kappa shape index (κ2) is 7.92. The highest BCUT2D eigenvalue weighted by molar-refractivity contribution is 7.07. The number of aromatic nitrogens is 1. The largest absolute Gasteiger partial charge is 0.497 e. The highest BCUT2D eigenvalue weighted by Gasteiger charge is 2.11. The lowest BCUT2D eigenvalue weighted by Gasteiger charge is -2.02. The van der Waals surface area contributed by atoms with Gasteiger partial charge in [0.25, 0.3) is 5.56 Å². The Hall–Kier alpha value is -3.32. The summed E-state index contributed by atoms with van der Waals surface area (Å²) in [6, 6.07) is 17.6. The minimum absolute atomic E-state index is 0.127. The van der Waals surface area contributed by atoms with Crippen molar-refractivity contribution < 1.29 is 4.74 Å². The maximum absolute atomic E-state index is 13.0. The predicted octanol–water partition coefficient (Wildman–Crippen LogP) is 2.59. The zero-order chi connectivity index (χ0) is 19.4. The fourth-order valence-electron chi connectivity index (χ4n) is 2.48. The van der Waals surface area contributed by atoms with Gasteiger partial charge in [-0.3, -0.25) is 9.36 Å². The highest BCUT2D eigenvalue weighted by Crippen LogP contribution is 2.13. The minimum atomic E-state index is -0.317. The van der Waals surface area contributed by atoms with Crippen LogP contribution in [-0.2, 0) is 0 Å². The zero-order valence-electron chi connectivity index (χ0n) is 14.1. The van der Waals surface area contributed by atoms with E-state index in [2.05, 4.69) is 0 Å². The summed E-state index contributed by atoms with van der Waals surface area (Å²) in [5.41, 5.74) is 0.863. The molecule has 1 aromatic heterocycles. The second-order valence-electron chi connectivity index (χ2n) is 5.41. The molecule has 5 nitrogen and oxygen atoms in total. The molecule has 0 atom stereocenters. The number of thiazole rings is 1. The van der Waals surface area contributed by atoms with Crippen molar-refractivity contribution in [2.24, 2.45) is 0 Å². The van der Waals surface area contributed by atoms with Crippen molar-refractivity contribution in [3.05, 3.63) is 78.7 Å². The van der Waals surface area contributed by atoms with Gasteiger partial charge in [0.2, 0.25) is 0 Å². The molecule has 0 unspecified atom stereocenters. The zero-order valence-corrected chi connectivity index (χ0v) is 15.7. The van der Waals surface area contributed by atoms with Gasteiger partial charge in [0.15, 0.2) is 5.57 Å². The van der Waals surface area contributed by atoms with Crippen LogP contribution in [0.3, 0.4) is 0 Å². The molecule has 0 saturated heterocycles. The van der Waals surface area contributed by atoms with E-state index in [0.29, 0.717) is 21.0 Å². The summed E-state index contributed by atoms with van der Waals surface area (Å²) in [4.78, 5) is 13.0. The molecule has 0 amide bonds. The molecule has 0 saturated carbocycles. The van der Waals surface area contributed by atoms with Crippen LogP contribution in [0.15, 0.2) is 53.3 Å². The molecule has 0 aliphatic carbocycles. The van der Waals surface area contributed by atoms with Crippen molar-refractivity contribution in [1.82, 2.24) is 4.57 Å². The van der Waals surface area contributed by atoms with Crippen LogP contribution in [0, 0.1) is 22.7 Å². The fourth-order valence-corrected chi connectivity index (χ4v) is 3.66. The van der Waals surface area contributed by atoms with Gasteiger partial charge in [0.1, 0.15) is 22.6 Å². The number of ether oxygens (including phenoxy) is 1. The number of nitriles is 2. The average molecular weight is 394 g/mol. The van der Waals surface area contributed by atoms with Crippen molar-refractivity contribution in [2.75, 3.05) is 7.11 Å². The van der Waals surface area contributed by atoms with E-state index in [-0.39, 0.29) is 15.8 Å². The molecule has 0 N–H and O–H groups in total. The Morgan fingerprint density at radius 1 is 1.19 bits per heavy atom. The monoisotopic (exact) mass is 393 g/mol. The molecular formula is C20H12ClN3O2S. The van der Waals surface area contributed by atoms with Gasteiger partial charge < -0.3 is 4.74 Å². The first-order valence-electron chi connectivity index (χ1n) is 7.75. The SMILES string of the molecule is COc1cccc(/C=c2\sc(=C(C#N)C#N)n(-c3ccc(Cl)cc3)c2=O)c1. The van der Waals surface area contributed by atoms with Gasteiger partial charge in [-0.05, 0) is 48.0 Å². The van der Waals surface area contributed by atoms with Gasteiger partial charge in [-0.2, -0.15) is 10.5 Å². The molecule has 7 heteroatoms. The van der Waals surface area contributed by atoms with Crippen LogP contribution in [0.4, 0.5) is 0 Å². The molecule has 0 fully saturated rings. The van der Waals surface area contributed by atoms with E-state index < -0.39 is 0 Å². The Labute approximate surface area is 163 Å². The number of rotatable bonds is 3. The number of hydrogen-bond acceptors (Lipinski definition) is 5. The van der Waals surface area contributed by atoms with Crippen LogP contribution in [0.2, 0.25) is 5.02 Å². The highest BCUT2D eigenvalue weighted by atomic mass is 35.5. The standard InChI is InChI=1S/C20H12ClN3O2S/c1-26-17-4-2-3-13(9-17)10-18-19(25)24(16-7-5-15(21)6-8-16)20(27-18)14(11-22)12-23/h2-10H,1H3/b18-10-. The Bertz CT molecular complexity index is 1240. The summed E-state index contributed by atoms with van der Waals surface area (Å²) >= 11 is 7.01. The number of methoxy groups -OCH3 is 1. The first-order chi connectivity index (χ1) is 13.1. The summed E-state index contributed by atoms with van der Waals surface area (Å²) in [7, 11) is 1.57. The first kappa shape index (κ1) is 18.5. The van der Waals surface area contributed by atoms with Gasteiger partial charge >= 0.3 is 0 Å². The Kier molecular flexibility index (Phi) is 5.42. The maximum Gasteiger partial charge on any atom is 0.273 e. The van der Waals surface area contributed by atoms with Crippen molar-refractivity contribution in [3.8, 4) is 23.6 Å². The van der Waals surface area contributed by atoms with Crippen LogP contribution in [0.25, 0.3) is 17.3 Å². The molecular weight excluding hydrogens is 382 g/mol. The number of benzene rings is 2. The van der Waals surface area contributed by atoms with Crippen molar-refractivity contribution in [3.63, 3.8) is 0 Å². The van der Waals surface area contributed by atoms with Crippen molar-refractivity contribution in [1.29, 1.82) is 10.5 Å². The van der Waals surface area contributed by atoms with Crippen molar-refractivity contribution >= 4 is 34.6 Å². The van der Waals surface area contributed by atoms with Gasteiger partial charge in [-0.1, -0.05) is 23.7 Å². The summed E-state index contributed by atoms with van der Waals surface area (Å²) in [5, 5.41) is 19.1. The molecule has 132 valence electrons. The third kappa shape index (κ3) is 3.78. The van der Waals surface area contributed by atoms with E-state index in [1.807, 2.05) is 24.3 Å². The molecule has 0 spiro atoms. The molecule has 1 heterocycles. The van der Waals surface area contributed by atoms with Crippen molar-refractivity contribution in [2.45, 2.75) is 0 Å². The lowest BCUT2D eigenvalue weighted by molar-refractivity contribution is 0.414. The Morgan fingerprint density at radius 3 is 2.52 bits per heavy atom. The third-order valence-corrected chi connectivity index (χ3v) is 5.08. The van der Waals surface area contributed by atoms with Gasteiger partial charge in [-0.15, -0.1) is 11.3 Å². The molecule has 0 aliphatic heterocycles. The smallest absolute Gasteiger partial charge is 0.273 e. The normalized spacial score (nSPS) is 10.9. The van der Waals surface area contributed by atoms with E-state index >= 15 is 0 Å². The molecule has 2 aromatic carbocycles. The van der Waals surface area contributed by atoms with Crippen LogP contribution in [0.5, 0.6) is 5.75 Å². The van der Waals surface area contributed by atoms with E-state index in [9.17, 15) is 15.3 Å². The minimum Gasteiger partial charge on any atom is -0.497 e. The molecule has 0 radical (unpaired) electrons. The predicted molar refractivity (Wildman–Crippen MR) is 105 cm³/mol. The van der Waals surface area contributed by atoms with Crippen LogP contribution >= 0.6 is 22.9 Å². The number of nitrogens with zero attached hydrogens (tertiary/aromatic N) is 3. The lowest BCUT2D eigenvalue weighted by atomic mass is 10.2. The summed E-state index contributed by atoms with van der Waals surface area (Å²) < 4.78 is 7.24. The quantitative estimate of drug-likeness (QED) is 0.685. The third-order valence-electron chi connectivity index (χ3n) is 3.74. The van der Waals surface area contributed by atoms with Gasteiger partial charge in [0.05, 0.1) is 17.3 Å². The van der Waals surface area contributed by atoms with E-state index in [0.717, 1.165) is 16.9 Å². The van der Waals surface area contributed by atoms with Gasteiger partial charge in [0, 0.05) is 5.02 Å². The second-order valence-corrected chi connectivity index (χ2v) is 6.88. The fraction of sp³-hybridized carbons (Fsp3) is 0.0500.